The van der Waals surface area contributed by atoms with Crippen LogP contribution in [0.4, 0.5) is 13.2 Å². The van der Waals surface area contributed by atoms with Crippen molar-refractivity contribution in [3.63, 3.8) is 0 Å². The molecule has 0 N–H and O–H groups in total. The molecule has 0 aromatic carbocycles. The van der Waals surface area contributed by atoms with E-state index in [9.17, 15) is 18.0 Å². The number of aromatic nitrogens is 2. The summed E-state index contributed by atoms with van der Waals surface area (Å²) in [6.07, 6.45) is -2.83. The van der Waals surface area contributed by atoms with Gasteiger partial charge < -0.3 is 18.9 Å². The Bertz CT molecular complexity index is 652. The zero-order chi connectivity index (χ0) is 18.8. The number of alkyl halides is 3. The van der Waals surface area contributed by atoms with E-state index in [1.54, 1.807) is 0 Å². The molecule has 26 heavy (non-hydrogen) atoms. The first-order valence-corrected chi connectivity index (χ1v) is 8.41. The van der Waals surface area contributed by atoms with Crippen LogP contribution in [-0.2, 0) is 20.4 Å². The minimum absolute atomic E-state index is 0.00620. The molecule has 2 heterocycles. The van der Waals surface area contributed by atoms with E-state index in [4.69, 9.17) is 18.9 Å². The highest BCUT2D eigenvalue weighted by molar-refractivity contribution is 5.71. The van der Waals surface area contributed by atoms with Crippen LogP contribution in [0.15, 0.2) is 6.07 Å². The van der Waals surface area contributed by atoms with Crippen LogP contribution in [0.1, 0.15) is 44.9 Å². The quantitative estimate of drug-likeness (QED) is 0.748. The molecule has 0 atom stereocenters. The highest BCUT2D eigenvalue weighted by Crippen LogP contribution is 2.37. The molecular formula is C16H19F3N2O5. The molecule has 0 unspecified atom stereocenters. The predicted molar refractivity (Wildman–Crippen MR) is 80.5 cm³/mol. The first-order valence-electron chi connectivity index (χ1n) is 8.41. The molecule has 144 valence electrons. The smallest absolute Gasteiger partial charge is 0.451 e. The maximum Gasteiger partial charge on any atom is 0.451 e. The topological polar surface area (TPSA) is 79.8 Å². The zero-order valence-corrected chi connectivity index (χ0v) is 14.2. The summed E-state index contributed by atoms with van der Waals surface area (Å²) in [4.78, 5) is 18.0. The van der Waals surface area contributed by atoms with Gasteiger partial charge in [0.05, 0.1) is 19.3 Å². The summed E-state index contributed by atoms with van der Waals surface area (Å²) >= 11 is 0. The van der Waals surface area contributed by atoms with E-state index in [1.165, 1.54) is 6.92 Å². The Hall–Kier alpha value is -1.94. The molecule has 0 amide bonds. The standard InChI is InChI=1S/C16H19F3N2O5/c1-2-13(22)26-12-9-11(20-14(21-12)16(17,18)19)25-10-3-5-15(6-4-10)23-7-8-24-15/h9-10H,2-8H2,1H3. The summed E-state index contributed by atoms with van der Waals surface area (Å²) in [6, 6.07) is 1.09. The molecule has 1 saturated carbocycles. The molecule has 2 aliphatic rings. The molecule has 1 aromatic rings. The third-order valence-corrected chi connectivity index (χ3v) is 4.24. The average molecular weight is 376 g/mol. The highest BCUT2D eigenvalue weighted by atomic mass is 19.4. The minimum Gasteiger partial charge on any atom is -0.474 e. The third kappa shape index (κ3) is 4.42. The van der Waals surface area contributed by atoms with Gasteiger partial charge in [0.25, 0.3) is 0 Å². The van der Waals surface area contributed by atoms with Crippen LogP contribution in [-0.4, -0.2) is 41.0 Å². The van der Waals surface area contributed by atoms with E-state index >= 15 is 0 Å². The summed E-state index contributed by atoms with van der Waals surface area (Å²) in [5.41, 5.74) is 0. The second kappa shape index (κ2) is 7.36. The molecule has 1 saturated heterocycles. The number of carbonyl (C=O) groups is 1. The van der Waals surface area contributed by atoms with Gasteiger partial charge in [0.2, 0.25) is 17.6 Å². The maximum atomic E-state index is 13.0. The van der Waals surface area contributed by atoms with Crippen molar-refractivity contribution < 1.29 is 36.9 Å². The van der Waals surface area contributed by atoms with Gasteiger partial charge in [0.1, 0.15) is 6.10 Å². The van der Waals surface area contributed by atoms with Gasteiger partial charge in [-0.1, -0.05) is 6.92 Å². The molecule has 10 heteroatoms. The first kappa shape index (κ1) is 18.8. The molecule has 1 aliphatic carbocycles. The second-order valence-electron chi connectivity index (χ2n) is 6.12. The molecule has 0 radical (unpaired) electrons. The molecule has 2 fully saturated rings. The Kier molecular flexibility index (Phi) is 5.33. The fourth-order valence-corrected chi connectivity index (χ4v) is 2.94. The number of esters is 1. The monoisotopic (exact) mass is 376 g/mol. The van der Waals surface area contributed by atoms with Crippen molar-refractivity contribution in [3.05, 3.63) is 11.9 Å². The first-order chi connectivity index (χ1) is 12.3. The van der Waals surface area contributed by atoms with Gasteiger partial charge >= 0.3 is 12.1 Å². The SMILES string of the molecule is CCC(=O)Oc1cc(OC2CCC3(CC2)OCCO3)nc(C(F)(F)F)n1. The Morgan fingerprint density at radius 3 is 2.42 bits per heavy atom. The molecule has 3 rings (SSSR count). The van der Waals surface area contributed by atoms with Crippen LogP contribution in [0.3, 0.4) is 0 Å². The lowest BCUT2D eigenvalue weighted by Gasteiger charge is -2.35. The summed E-state index contributed by atoms with van der Waals surface area (Å²) in [5.74, 6) is -3.46. The number of ether oxygens (including phenoxy) is 4. The number of hydrogen-bond acceptors (Lipinski definition) is 7. The van der Waals surface area contributed by atoms with Crippen LogP contribution in [0.2, 0.25) is 0 Å². The number of hydrogen-bond donors (Lipinski definition) is 0. The second-order valence-corrected chi connectivity index (χ2v) is 6.12. The van der Waals surface area contributed by atoms with E-state index in [-0.39, 0.29) is 18.4 Å². The van der Waals surface area contributed by atoms with Crippen molar-refractivity contribution in [1.29, 1.82) is 0 Å². The molecule has 1 spiro atoms. The molecule has 1 aliphatic heterocycles. The number of nitrogens with zero attached hydrogens (tertiary/aromatic N) is 2. The summed E-state index contributed by atoms with van der Waals surface area (Å²) in [6.45, 7) is 2.60. The highest BCUT2D eigenvalue weighted by Gasteiger charge is 2.41. The minimum atomic E-state index is -4.78. The van der Waals surface area contributed by atoms with Crippen molar-refractivity contribution in [2.24, 2.45) is 0 Å². The van der Waals surface area contributed by atoms with E-state index in [0.29, 0.717) is 38.9 Å². The molecule has 1 aromatic heterocycles. The van der Waals surface area contributed by atoms with Crippen LogP contribution in [0.5, 0.6) is 11.8 Å². The van der Waals surface area contributed by atoms with E-state index < -0.39 is 29.6 Å². The predicted octanol–water partition coefficient (Wildman–Crippen LogP) is 2.88. The Balaban J connectivity index is 1.72. The van der Waals surface area contributed by atoms with Gasteiger partial charge in [-0.3, -0.25) is 4.79 Å². The fraction of sp³-hybridized carbons (Fsp3) is 0.688. The lowest BCUT2D eigenvalue weighted by atomic mass is 9.92. The number of carbonyl (C=O) groups excluding carboxylic acids is 1. The molecule has 0 bridgehead atoms. The van der Waals surface area contributed by atoms with E-state index in [2.05, 4.69) is 9.97 Å². The molecular weight excluding hydrogens is 357 g/mol. The average Bonchev–Trinajstić information content (AvgIpc) is 3.04. The van der Waals surface area contributed by atoms with Crippen LogP contribution < -0.4 is 9.47 Å². The van der Waals surface area contributed by atoms with Crippen molar-refractivity contribution in [2.45, 2.75) is 57.1 Å². The van der Waals surface area contributed by atoms with Gasteiger partial charge in [0, 0.05) is 19.3 Å². The molecule has 7 nitrogen and oxygen atoms in total. The zero-order valence-electron chi connectivity index (χ0n) is 14.2. The van der Waals surface area contributed by atoms with Crippen molar-refractivity contribution >= 4 is 5.97 Å². The van der Waals surface area contributed by atoms with Gasteiger partial charge in [-0.05, 0) is 12.8 Å². The van der Waals surface area contributed by atoms with E-state index in [0.717, 1.165) is 6.07 Å². The van der Waals surface area contributed by atoms with Crippen LogP contribution in [0.25, 0.3) is 0 Å². The number of halogens is 3. The Labute approximate surface area is 147 Å². The van der Waals surface area contributed by atoms with Crippen molar-refractivity contribution in [1.82, 2.24) is 9.97 Å². The lowest BCUT2D eigenvalue weighted by Crippen LogP contribution is -2.38. The van der Waals surface area contributed by atoms with Gasteiger partial charge in [0.15, 0.2) is 5.79 Å². The van der Waals surface area contributed by atoms with Gasteiger partial charge in [-0.15, -0.1) is 0 Å². The number of rotatable bonds is 4. The lowest BCUT2D eigenvalue weighted by molar-refractivity contribution is -0.186. The summed E-state index contributed by atoms with van der Waals surface area (Å²) < 4.78 is 60.6. The third-order valence-electron chi connectivity index (χ3n) is 4.24. The van der Waals surface area contributed by atoms with Crippen molar-refractivity contribution in [2.75, 3.05) is 13.2 Å². The van der Waals surface area contributed by atoms with Crippen LogP contribution >= 0.6 is 0 Å². The maximum absolute atomic E-state index is 13.0. The largest absolute Gasteiger partial charge is 0.474 e. The van der Waals surface area contributed by atoms with Crippen LogP contribution in [0, 0.1) is 0 Å². The normalized spacial score (nSPS) is 20.3. The summed E-state index contributed by atoms with van der Waals surface area (Å²) in [5, 5.41) is 0. The fourth-order valence-electron chi connectivity index (χ4n) is 2.94. The van der Waals surface area contributed by atoms with E-state index in [1.807, 2.05) is 0 Å². The Morgan fingerprint density at radius 2 is 1.85 bits per heavy atom. The van der Waals surface area contributed by atoms with Gasteiger partial charge in [-0.25, -0.2) is 0 Å². The van der Waals surface area contributed by atoms with Crippen molar-refractivity contribution in [3.8, 4) is 11.8 Å². The Morgan fingerprint density at radius 1 is 1.23 bits per heavy atom. The summed E-state index contributed by atoms with van der Waals surface area (Å²) in [7, 11) is 0. The van der Waals surface area contributed by atoms with Gasteiger partial charge in [-0.2, -0.15) is 23.1 Å².